The molecule has 2 amide bonds. The molecular weight excluding hydrogens is 546 g/mol. The molecular formula is C28H43N7O7. The first-order chi connectivity index (χ1) is 20.3. The van der Waals surface area contributed by atoms with Crippen LogP contribution in [0.3, 0.4) is 0 Å². The largest absolute Gasteiger partial charge is 0.394 e. The summed E-state index contributed by atoms with van der Waals surface area (Å²) >= 11 is 0. The topological polar surface area (TPSA) is 215 Å². The Morgan fingerprint density at radius 2 is 1.83 bits per heavy atom. The van der Waals surface area contributed by atoms with Gasteiger partial charge in [-0.2, -0.15) is 0 Å². The smallest absolute Gasteiger partial charge is 0.244 e. The Hall–Kier alpha value is -3.43. The van der Waals surface area contributed by atoms with Crippen molar-refractivity contribution < 1.29 is 34.8 Å². The molecule has 42 heavy (non-hydrogen) atoms. The zero-order valence-corrected chi connectivity index (χ0v) is 23.9. The molecule has 1 fully saturated rings. The number of amides is 2. The van der Waals surface area contributed by atoms with E-state index >= 15 is 0 Å². The van der Waals surface area contributed by atoms with E-state index in [0.717, 1.165) is 12.8 Å². The number of fused-ring (bicyclic) bond motifs is 1. The van der Waals surface area contributed by atoms with Crippen molar-refractivity contribution in [3.8, 4) is 0 Å². The van der Waals surface area contributed by atoms with Crippen LogP contribution in [-0.4, -0.2) is 102 Å². The molecule has 1 saturated heterocycles. The molecule has 3 rings (SSSR count). The number of nitrogens with zero attached hydrogens (tertiary/aromatic N) is 3. The third-order valence-corrected chi connectivity index (χ3v) is 6.97. The fraction of sp³-hybridized carbons (Fsp3) is 0.607. The molecule has 3 heterocycles. The quantitative estimate of drug-likeness (QED) is 0.0719. The number of aromatic amines is 1. The third-order valence-electron chi connectivity index (χ3n) is 6.97. The van der Waals surface area contributed by atoms with E-state index in [0.29, 0.717) is 11.2 Å². The Bertz CT molecular complexity index is 1170. The Kier molecular flexibility index (Phi) is 13.8. The highest BCUT2D eigenvalue weighted by molar-refractivity contribution is 5.91. The number of aliphatic hydroxyl groups is 4. The molecule has 8 N–H and O–H groups in total. The predicted molar refractivity (Wildman–Crippen MR) is 155 cm³/mol. The Balaban J connectivity index is 1.46. The lowest BCUT2D eigenvalue weighted by Crippen LogP contribution is -2.68. The summed E-state index contributed by atoms with van der Waals surface area (Å²) in [5, 5.41) is 49.2. The van der Waals surface area contributed by atoms with E-state index in [1.54, 1.807) is 12.2 Å². The average molecular weight is 590 g/mol. The van der Waals surface area contributed by atoms with Gasteiger partial charge in [0, 0.05) is 6.08 Å². The lowest BCUT2D eigenvalue weighted by molar-refractivity contribution is -0.204. The summed E-state index contributed by atoms with van der Waals surface area (Å²) in [6.07, 6.45) is 11.6. The number of ether oxygens (including phenoxy) is 1. The zero-order valence-electron chi connectivity index (χ0n) is 23.9. The van der Waals surface area contributed by atoms with Crippen LogP contribution in [0, 0.1) is 0 Å². The second-order valence-corrected chi connectivity index (χ2v) is 10.2. The van der Waals surface area contributed by atoms with E-state index < -0.39 is 61.7 Å². The van der Waals surface area contributed by atoms with Crippen molar-refractivity contribution in [1.82, 2.24) is 30.6 Å². The minimum atomic E-state index is -1.61. The third kappa shape index (κ3) is 9.84. The number of hydrogen-bond acceptors (Lipinski definition) is 11. The summed E-state index contributed by atoms with van der Waals surface area (Å²) in [4.78, 5) is 39.7. The fourth-order valence-electron chi connectivity index (χ4n) is 4.65. The number of carbonyl (C=O) groups is 2. The maximum atomic E-state index is 12.6. The van der Waals surface area contributed by atoms with E-state index in [-0.39, 0.29) is 5.82 Å². The summed E-state index contributed by atoms with van der Waals surface area (Å²) in [6.45, 7) is 1.04. The van der Waals surface area contributed by atoms with E-state index in [1.807, 2.05) is 6.08 Å². The number of unbranched alkanes of at least 4 members (excludes halogenated alkanes) is 7. The van der Waals surface area contributed by atoms with Crippen molar-refractivity contribution in [2.24, 2.45) is 0 Å². The van der Waals surface area contributed by atoms with Crippen LogP contribution >= 0.6 is 0 Å². The van der Waals surface area contributed by atoms with Gasteiger partial charge in [-0.05, 0) is 12.8 Å². The number of aliphatic hydroxyl groups excluding tert-OH is 4. The number of hydrogen-bond donors (Lipinski definition) is 8. The van der Waals surface area contributed by atoms with Crippen LogP contribution in [0.5, 0.6) is 0 Å². The first-order valence-electron chi connectivity index (χ1n) is 14.5. The Morgan fingerprint density at radius 3 is 2.60 bits per heavy atom. The summed E-state index contributed by atoms with van der Waals surface area (Å²) in [7, 11) is 0. The Labute approximate surface area is 244 Å². The normalized spacial score (nSPS) is 23.4. The molecule has 232 valence electrons. The van der Waals surface area contributed by atoms with Crippen LogP contribution in [0.4, 0.5) is 5.82 Å². The van der Waals surface area contributed by atoms with Gasteiger partial charge in [0.15, 0.2) is 17.7 Å². The second-order valence-electron chi connectivity index (χ2n) is 10.2. The van der Waals surface area contributed by atoms with Crippen LogP contribution < -0.4 is 16.0 Å². The van der Waals surface area contributed by atoms with E-state index in [9.17, 15) is 30.0 Å². The molecule has 14 heteroatoms. The highest BCUT2D eigenvalue weighted by atomic mass is 16.5. The molecule has 0 spiro atoms. The molecule has 1 aliphatic heterocycles. The number of imidazole rings is 1. The molecule has 3 unspecified atom stereocenters. The molecule has 0 radical (unpaired) electrons. The van der Waals surface area contributed by atoms with Crippen LogP contribution in [0.15, 0.2) is 37.0 Å². The maximum absolute atomic E-state index is 12.6. The van der Waals surface area contributed by atoms with Gasteiger partial charge >= 0.3 is 0 Å². The fourth-order valence-corrected chi connectivity index (χ4v) is 4.65. The van der Waals surface area contributed by atoms with Crippen LogP contribution in [0.25, 0.3) is 11.2 Å². The van der Waals surface area contributed by atoms with Gasteiger partial charge in [-0.3, -0.25) is 9.59 Å². The van der Waals surface area contributed by atoms with Gasteiger partial charge in [0.1, 0.15) is 36.3 Å². The summed E-state index contributed by atoms with van der Waals surface area (Å²) in [6, 6.07) is -1.30. The SMILES string of the molecule is CCCCCCCCC/C=C/C=C/C(=O)NCC(=O)N[C@@H]1C(O)[C@H](O)C(Nc2ncnc3[nH]cnc23)OC1[C@H](O)CO. The van der Waals surface area contributed by atoms with Gasteiger partial charge < -0.3 is 46.1 Å². The van der Waals surface area contributed by atoms with Crippen LogP contribution in [0.2, 0.25) is 0 Å². The highest BCUT2D eigenvalue weighted by Gasteiger charge is 2.48. The standard InChI is InChI=1S/C28H43N7O7/c1-2-3-4-5-6-7-8-9-10-11-12-13-19(38)29-14-20(39)34-21-23(40)24(41)28(42-25(21)18(37)15-36)35-27-22-26(31-16-30-22)32-17-33-27/h10-13,16-18,21,23-25,28,36-37,40-41H,2-9,14-15H2,1H3,(H,29,38)(H,34,39)(H2,30,31,32,33,35)/b11-10+,13-12+/t18-,21-,23?,24+,25?,28?/m1/s1. The Morgan fingerprint density at radius 1 is 1.07 bits per heavy atom. The molecule has 0 aromatic carbocycles. The number of nitrogens with one attached hydrogen (secondary N) is 4. The van der Waals surface area contributed by atoms with Gasteiger partial charge in [-0.15, -0.1) is 0 Å². The van der Waals surface area contributed by atoms with Gasteiger partial charge in [-0.25, -0.2) is 15.0 Å². The number of aromatic nitrogens is 4. The lowest BCUT2D eigenvalue weighted by atomic mass is 9.92. The molecule has 0 saturated carbocycles. The van der Waals surface area contributed by atoms with Crippen molar-refractivity contribution in [2.45, 2.75) is 95.0 Å². The summed E-state index contributed by atoms with van der Waals surface area (Å²) < 4.78 is 5.76. The number of anilines is 1. The predicted octanol–water partition coefficient (Wildman–Crippen LogP) is 0.419. The molecule has 2 aromatic heterocycles. The first kappa shape index (κ1) is 33.1. The number of allylic oxidation sites excluding steroid dienone is 3. The highest BCUT2D eigenvalue weighted by Crippen LogP contribution is 2.26. The van der Waals surface area contributed by atoms with Gasteiger partial charge in [-0.1, -0.05) is 63.7 Å². The summed E-state index contributed by atoms with van der Waals surface area (Å²) in [5.74, 6) is -0.987. The van der Waals surface area contributed by atoms with Crippen LogP contribution in [0.1, 0.15) is 58.3 Å². The molecule has 2 aromatic rings. The average Bonchev–Trinajstić information content (AvgIpc) is 3.48. The van der Waals surface area contributed by atoms with Gasteiger partial charge in [0.25, 0.3) is 0 Å². The first-order valence-corrected chi connectivity index (χ1v) is 14.5. The molecule has 1 aliphatic rings. The zero-order chi connectivity index (χ0) is 30.3. The van der Waals surface area contributed by atoms with E-state index in [4.69, 9.17) is 4.74 Å². The van der Waals surface area contributed by atoms with Crippen molar-refractivity contribution in [2.75, 3.05) is 18.5 Å². The molecule has 6 atom stereocenters. The van der Waals surface area contributed by atoms with Gasteiger partial charge in [0.2, 0.25) is 11.8 Å². The number of H-pyrrole nitrogens is 1. The van der Waals surface area contributed by atoms with Crippen LogP contribution in [-0.2, 0) is 14.3 Å². The lowest BCUT2D eigenvalue weighted by Gasteiger charge is -2.44. The van der Waals surface area contributed by atoms with Crippen molar-refractivity contribution in [1.29, 1.82) is 0 Å². The monoisotopic (exact) mass is 589 g/mol. The maximum Gasteiger partial charge on any atom is 0.244 e. The number of rotatable bonds is 17. The van der Waals surface area contributed by atoms with Crippen molar-refractivity contribution >= 4 is 28.8 Å². The van der Waals surface area contributed by atoms with Gasteiger partial charge in [0.05, 0.1) is 25.5 Å². The number of carbonyl (C=O) groups excluding carboxylic acids is 2. The second kappa shape index (κ2) is 17.5. The molecule has 0 aliphatic carbocycles. The molecule has 14 nitrogen and oxygen atoms in total. The van der Waals surface area contributed by atoms with E-state index in [1.165, 1.54) is 57.3 Å². The van der Waals surface area contributed by atoms with Crippen molar-refractivity contribution in [3.63, 3.8) is 0 Å². The van der Waals surface area contributed by atoms with E-state index in [2.05, 4.69) is 42.8 Å². The minimum absolute atomic E-state index is 0.195. The minimum Gasteiger partial charge on any atom is -0.394 e. The summed E-state index contributed by atoms with van der Waals surface area (Å²) in [5.41, 5.74) is 0.776. The van der Waals surface area contributed by atoms with Crippen molar-refractivity contribution in [3.05, 3.63) is 37.0 Å². The molecule has 0 bridgehead atoms.